The van der Waals surface area contributed by atoms with Gasteiger partial charge in [0, 0.05) is 13.1 Å². The average molecular weight is 283 g/mol. The lowest BCUT2D eigenvalue weighted by Gasteiger charge is -2.13. The number of hydrogen-bond donors (Lipinski definition) is 2. The van der Waals surface area contributed by atoms with Crippen molar-refractivity contribution < 1.29 is 19.0 Å². The number of halogens is 1. The second-order valence-corrected chi connectivity index (χ2v) is 4.63. The van der Waals surface area contributed by atoms with E-state index in [1.54, 1.807) is 0 Å². The SMILES string of the molecule is C=C(C)COCCNCC(O)COc1ccc(F)cc1. The van der Waals surface area contributed by atoms with Crippen molar-refractivity contribution in [3.63, 3.8) is 0 Å². The minimum absolute atomic E-state index is 0.158. The van der Waals surface area contributed by atoms with Crippen LogP contribution in [0.15, 0.2) is 36.4 Å². The fourth-order valence-electron chi connectivity index (χ4n) is 1.44. The predicted octanol–water partition coefficient (Wildman–Crippen LogP) is 1.75. The first kappa shape index (κ1) is 16.6. The maximum atomic E-state index is 12.7. The highest BCUT2D eigenvalue weighted by Crippen LogP contribution is 2.11. The molecule has 1 rings (SSSR count). The molecule has 0 aliphatic heterocycles. The molecular weight excluding hydrogens is 261 g/mol. The molecule has 112 valence electrons. The smallest absolute Gasteiger partial charge is 0.123 e. The maximum absolute atomic E-state index is 12.7. The predicted molar refractivity (Wildman–Crippen MR) is 76.4 cm³/mol. The van der Waals surface area contributed by atoms with Crippen LogP contribution in [0.25, 0.3) is 0 Å². The zero-order valence-electron chi connectivity index (χ0n) is 11.8. The van der Waals surface area contributed by atoms with E-state index in [0.29, 0.717) is 32.1 Å². The van der Waals surface area contributed by atoms with Crippen LogP contribution in [0.5, 0.6) is 5.75 Å². The van der Waals surface area contributed by atoms with E-state index < -0.39 is 6.10 Å². The summed E-state index contributed by atoms with van der Waals surface area (Å²) >= 11 is 0. The van der Waals surface area contributed by atoms with Crippen LogP contribution in [0.1, 0.15) is 6.92 Å². The van der Waals surface area contributed by atoms with Crippen LogP contribution >= 0.6 is 0 Å². The van der Waals surface area contributed by atoms with Gasteiger partial charge in [-0.15, -0.1) is 0 Å². The van der Waals surface area contributed by atoms with E-state index in [1.165, 1.54) is 24.3 Å². The summed E-state index contributed by atoms with van der Waals surface area (Å²) in [6, 6.07) is 5.69. The van der Waals surface area contributed by atoms with Gasteiger partial charge in [-0.05, 0) is 31.2 Å². The van der Waals surface area contributed by atoms with Crippen molar-refractivity contribution >= 4 is 0 Å². The van der Waals surface area contributed by atoms with Crippen LogP contribution in [0.3, 0.4) is 0 Å². The van der Waals surface area contributed by atoms with Gasteiger partial charge in [0.15, 0.2) is 0 Å². The summed E-state index contributed by atoms with van der Waals surface area (Å²) in [4.78, 5) is 0. The third-order valence-electron chi connectivity index (χ3n) is 2.41. The highest BCUT2D eigenvalue weighted by atomic mass is 19.1. The van der Waals surface area contributed by atoms with Crippen molar-refractivity contribution in [3.8, 4) is 5.75 Å². The Morgan fingerprint density at radius 1 is 1.40 bits per heavy atom. The molecule has 2 N–H and O–H groups in total. The minimum atomic E-state index is -0.624. The number of aliphatic hydroxyl groups is 1. The van der Waals surface area contributed by atoms with E-state index in [1.807, 2.05) is 6.92 Å². The quantitative estimate of drug-likeness (QED) is 0.507. The molecule has 1 aromatic carbocycles. The maximum Gasteiger partial charge on any atom is 0.123 e. The second kappa shape index (κ2) is 9.47. The molecule has 1 aromatic rings. The lowest BCUT2D eigenvalue weighted by molar-refractivity contribution is 0.101. The van der Waals surface area contributed by atoms with Gasteiger partial charge >= 0.3 is 0 Å². The van der Waals surface area contributed by atoms with Gasteiger partial charge in [-0.25, -0.2) is 4.39 Å². The lowest BCUT2D eigenvalue weighted by atomic mass is 10.3. The molecule has 4 nitrogen and oxygen atoms in total. The summed E-state index contributed by atoms with van der Waals surface area (Å²) in [5, 5.41) is 12.8. The molecule has 20 heavy (non-hydrogen) atoms. The highest BCUT2D eigenvalue weighted by Gasteiger charge is 2.04. The Hall–Kier alpha value is -1.43. The molecule has 0 fully saturated rings. The van der Waals surface area contributed by atoms with Crippen molar-refractivity contribution in [1.82, 2.24) is 5.32 Å². The van der Waals surface area contributed by atoms with E-state index in [4.69, 9.17) is 9.47 Å². The van der Waals surface area contributed by atoms with Crippen molar-refractivity contribution in [2.75, 3.05) is 32.9 Å². The highest BCUT2D eigenvalue weighted by molar-refractivity contribution is 5.22. The van der Waals surface area contributed by atoms with Gasteiger partial charge in [0.1, 0.15) is 24.3 Å². The zero-order valence-corrected chi connectivity index (χ0v) is 11.8. The Kier molecular flexibility index (Phi) is 7.87. The van der Waals surface area contributed by atoms with Gasteiger partial charge in [-0.2, -0.15) is 0 Å². The molecule has 0 heterocycles. The van der Waals surface area contributed by atoms with E-state index in [0.717, 1.165) is 5.57 Å². The standard InChI is InChI=1S/C15H22FNO3/c1-12(2)10-19-8-7-17-9-14(18)11-20-15-5-3-13(16)4-6-15/h3-6,14,17-18H,1,7-11H2,2H3. The summed E-state index contributed by atoms with van der Waals surface area (Å²) < 4.78 is 23.3. The number of rotatable bonds is 10. The Labute approximate surface area is 119 Å². The number of nitrogens with one attached hydrogen (secondary N) is 1. The first-order chi connectivity index (χ1) is 9.58. The van der Waals surface area contributed by atoms with E-state index in [-0.39, 0.29) is 12.4 Å². The van der Waals surface area contributed by atoms with Crippen molar-refractivity contribution in [2.45, 2.75) is 13.0 Å². The van der Waals surface area contributed by atoms with Crippen molar-refractivity contribution in [2.24, 2.45) is 0 Å². The third-order valence-corrected chi connectivity index (χ3v) is 2.41. The minimum Gasteiger partial charge on any atom is -0.491 e. The van der Waals surface area contributed by atoms with Crippen LogP contribution in [0.2, 0.25) is 0 Å². The van der Waals surface area contributed by atoms with Gasteiger partial charge in [-0.1, -0.05) is 12.2 Å². The molecule has 0 aromatic heterocycles. The molecule has 1 unspecified atom stereocenters. The van der Waals surface area contributed by atoms with Gasteiger partial charge in [-0.3, -0.25) is 0 Å². The molecule has 0 amide bonds. The van der Waals surface area contributed by atoms with Crippen LogP contribution in [-0.4, -0.2) is 44.1 Å². The van der Waals surface area contributed by atoms with Crippen molar-refractivity contribution in [3.05, 3.63) is 42.2 Å². The molecule has 0 aliphatic carbocycles. The van der Waals surface area contributed by atoms with Crippen molar-refractivity contribution in [1.29, 1.82) is 0 Å². The first-order valence-corrected chi connectivity index (χ1v) is 6.57. The molecule has 1 atom stereocenters. The van der Waals surface area contributed by atoms with Crippen LogP contribution in [0.4, 0.5) is 4.39 Å². The van der Waals surface area contributed by atoms with Crippen LogP contribution in [0, 0.1) is 5.82 Å². The fourth-order valence-corrected chi connectivity index (χ4v) is 1.44. The molecule has 0 spiro atoms. The number of ether oxygens (including phenoxy) is 2. The summed E-state index contributed by atoms with van der Waals surface area (Å²) in [7, 11) is 0. The Morgan fingerprint density at radius 3 is 2.75 bits per heavy atom. The Bertz CT molecular complexity index is 395. The van der Waals surface area contributed by atoms with Gasteiger partial charge in [0.2, 0.25) is 0 Å². The van der Waals surface area contributed by atoms with E-state index in [9.17, 15) is 9.50 Å². The number of benzene rings is 1. The normalized spacial score (nSPS) is 12.2. The third kappa shape index (κ3) is 7.89. The molecule has 0 saturated heterocycles. The monoisotopic (exact) mass is 283 g/mol. The largest absolute Gasteiger partial charge is 0.491 e. The summed E-state index contributed by atoms with van der Waals surface area (Å²) in [6.07, 6.45) is -0.624. The topological polar surface area (TPSA) is 50.7 Å². The number of aliphatic hydroxyl groups excluding tert-OH is 1. The van der Waals surface area contributed by atoms with Crippen LogP contribution < -0.4 is 10.1 Å². The Balaban J connectivity index is 2.04. The van der Waals surface area contributed by atoms with E-state index in [2.05, 4.69) is 11.9 Å². The zero-order chi connectivity index (χ0) is 14.8. The molecule has 0 aliphatic rings. The van der Waals surface area contributed by atoms with E-state index >= 15 is 0 Å². The first-order valence-electron chi connectivity index (χ1n) is 6.57. The van der Waals surface area contributed by atoms with Gasteiger partial charge < -0.3 is 19.9 Å². The summed E-state index contributed by atoms with van der Waals surface area (Å²) in [5.41, 5.74) is 0.984. The second-order valence-electron chi connectivity index (χ2n) is 4.63. The van der Waals surface area contributed by atoms with Gasteiger partial charge in [0.05, 0.1) is 13.2 Å². The molecular formula is C15H22FNO3. The molecule has 0 saturated carbocycles. The Morgan fingerprint density at radius 2 is 2.10 bits per heavy atom. The fraction of sp³-hybridized carbons (Fsp3) is 0.467. The summed E-state index contributed by atoms with van der Waals surface area (Å²) in [6.45, 7) is 7.99. The number of hydrogen-bond acceptors (Lipinski definition) is 4. The molecule has 0 bridgehead atoms. The van der Waals surface area contributed by atoms with Gasteiger partial charge in [0.25, 0.3) is 0 Å². The molecule has 0 radical (unpaired) electrons. The average Bonchev–Trinajstić information content (AvgIpc) is 2.41. The summed E-state index contributed by atoms with van der Waals surface area (Å²) in [5.74, 6) is 0.226. The lowest BCUT2D eigenvalue weighted by Crippen LogP contribution is -2.33. The molecule has 5 heteroatoms. The van der Waals surface area contributed by atoms with Crippen LogP contribution in [-0.2, 0) is 4.74 Å².